The van der Waals surface area contributed by atoms with E-state index in [2.05, 4.69) is 32.8 Å². The first-order chi connectivity index (χ1) is 10.3. The zero-order valence-electron chi connectivity index (χ0n) is 11.9. The molecule has 0 bridgehead atoms. The summed E-state index contributed by atoms with van der Waals surface area (Å²) >= 11 is 0. The van der Waals surface area contributed by atoms with Crippen molar-refractivity contribution in [2.24, 2.45) is 0 Å². The summed E-state index contributed by atoms with van der Waals surface area (Å²) in [4.78, 5) is 14.3. The van der Waals surface area contributed by atoms with Crippen molar-refractivity contribution >= 4 is 5.91 Å². The normalized spacial score (nSPS) is 18.7. The maximum Gasteiger partial charge on any atom is 0.222 e. The van der Waals surface area contributed by atoms with Crippen molar-refractivity contribution in [3.05, 3.63) is 41.7 Å². The quantitative estimate of drug-likeness (QED) is 0.924. The first kappa shape index (κ1) is 13.7. The lowest BCUT2D eigenvalue weighted by atomic mass is 9.97. The van der Waals surface area contributed by atoms with E-state index >= 15 is 0 Å². The second kappa shape index (κ2) is 6.47. The van der Waals surface area contributed by atoms with Gasteiger partial charge in [0.15, 0.2) is 5.82 Å². The molecule has 0 radical (unpaired) electrons. The van der Waals surface area contributed by atoms with Crippen molar-refractivity contribution in [3.8, 4) is 0 Å². The number of aromatic amines is 1. The Morgan fingerprint density at radius 1 is 1.33 bits per heavy atom. The highest BCUT2D eigenvalue weighted by Gasteiger charge is 2.26. The van der Waals surface area contributed by atoms with Crippen LogP contribution in [0.3, 0.4) is 0 Å². The number of nitrogens with one attached hydrogen (secondary N) is 1. The summed E-state index contributed by atoms with van der Waals surface area (Å²) in [6.07, 6.45) is 3.37. The van der Waals surface area contributed by atoms with E-state index in [9.17, 15) is 4.79 Å². The highest BCUT2D eigenvalue weighted by molar-refractivity contribution is 5.76. The number of rotatable bonds is 4. The molecule has 6 nitrogen and oxygen atoms in total. The molecular weight excluding hydrogens is 266 g/mol. The third kappa shape index (κ3) is 3.45. The van der Waals surface area contributed by atoms with Gasteiger partial charge in [-0.2, -0.15) is 5.21 Å². The SMILES string of the molecule is O=C(CCc1ccccc1)N1CCCC(c2nn[nH]n2)C1. The number of likely N-dealkylation sites (tertiary alicyclic amines) is 1. The number of piperidine rings is 1. The van der Waals surface area contributed by atoms with Gasteiger partial charge in [-0.25, -0.2) is 0 Å². The van der Waals surface area contributed by atoms with Crippen LogP contribution in [0.15, 0.2) is 30.3 Å². The maximum atomic E-state index is 12.3. The van der Waals surface area contributed by atoms with E-state index in [1.54, 1.807) is 0 Å². The molecule has 1 amide bonds. The lowest BCUT2D eigenvalue weighted by Crippen LogP contribution is -2.39. The average molecular weight is 285 g/mol. The molecule has 1 N–H and O–H groups in total. The van der Waals surface area contributed by atoms with E-state index < -0.39 is 0 Å². The van der Waals surface area contributed by atoms with Crippen LogP contribution in [0.1, 0.15) is 36.6 Å². The van der Waals surface area contributed by atoms with Gasteiger partial charge in [0, 0.05) is 25.4 Å². The Labute approximate surface area is 123 Å². The van der Waals surface area contributed by atoms with Crippen LogP contribution >= 0.6 is 0 Å². The summed E-state index contributed by atoms with van der Waals surface area (Å²) in [7, 11) is 0. The second-order valence-corrected chi connectivity index (χ2v) is 5.43. The highest BCUT2D eigenvalue weighted by atomic mass is 16.2. The van der Waals surface area contributed by atoms with Crippen molar-refractivity contribution < 1.29 is 4.79 Å². The van der Waals surface area contributed by atoms with E-state index in [1.165, 1.54) is 5.56 Å². The van der Waals surface area contributed by atoms with Gasteiger partial charge >= 0.3 is 0 Å². The zero-order valence-corrected chi connectivity index (χ0v) is 11.9. The van der Waals surface area contributed by atoms with Gasteiger partial charge in [0.25, 0.3) is 0 Å². The number of tetrazole rings is 1. The van der Waals surface area contributed by atoms with Crippen LogP contribution in [0, 0.1) is 0 Å². The van der Waals surface area contributed by atoms with Gasteiger partial charge in [0.05, 0.1) is 0 Å². The Morgan fingerprint density at radius 3 is 2.95 bits per heavy atom. The van der Waals surface area contributed by atoms with E-state index in [-0.39, 0.29) is 11.8 Å². The summed E-state index contributed by atoms with van der Waals surface area (Å²) in [6, 6.07) is 10.1. The zero-order chi connectivity index (χ0) is 14.5. The fourth-order valence-corrected chi connectivity index (χ4v) is 2.81. The van der Waals surface area contributed by atoms with Gasteiger partial charge in [-0.3, -0.25) is 4.79 Å². The first-order valence-corrected chi connectivity index (χ1v) is 7.38. The second-order valence-electron chi connectivity index (χ2n) is 5.43. The van der Waals surface area contributed by atoms with Crippen molar-refractivity contribution in [3.63, 3.8) is 0 Å². The third-order valence-electron chi connectivity index (χ3n) is 3.97. The summed E-state index contributed by atoms with van der Waals surface area (Å²) in [6.45, 7) is 1.54. The van der Waals surface area contributed by atoms with Crippen LogP contribution in [-0.4, -0.2) is 44.5 Å². The van der Waals surface area contributed by atoms with Crippen LogP contribution in [-0.2, 0) is 11.2 Å². The molecule has 1 aliphatic heterocycles. The minimum Gasteiger partial charge on any atom is -0.342 e. The molecule has 1 unspecified atom stereocenters. The number of hydrogen-bond donors (Lipinski definition) is 1. The van der Waals surface area contributed by atoms with E-state index in [0.717, 1.165) is 31.6 Å². The first-order valence-electron chi connectivity index (χ1n) is 7.38. The van der Waals surface area contributed by atoms with Crippen LogP contribution in [0.25, 0.3) is 0 Å². The van der Waals surface area contributed by atoms with E-state index in [4.69, 9.17) is 0 Å². The van der Waals surface area contributed by atoms with Gasteiger partial charge in [0.2, 0.25) is 5.91 Å². The van der Waals surface area contributed by atoms with Crippen molar-refractivity contribution in [2.75, 3.05) is 13.1 Å². The fraction of sp³-hybridized carbons (Fsp3) is 0.467. The summed E-state index contributed by atoms with van der Waals surface area (Å²) < 4.78 is 0. The molecule has 0 saturated carbocycles. The van der Waals surface area contributed by atoms with Crippen LogP contribution < -0.4 is 0 Å². The maximum absolute atomic E-state index is 12.3. The predicted molar refractivity (Wildman–Crippen MR) is 77.5 cm³/mol. The number of nitrogens with zero attached hydrogens (tertiary/aromatic N) is 4. The molecule has 3 rings (SSSR count). The minimum atomic E-state index is 0.207. The molecule has 21 heavy (non-hydrogen) atoms. The van der Waals surface area contributed by atoms with E-state index in [0.29, 0.717) is 13.0 Å². The van der Waals surface area contributed by atoms with Crippen LogP contribution in [0.5, 0.6) is 0 Å². The third-order valence-corrected chi connectivity index (χ3v) is 3.97. The smallest absolute Gasteiger partial charge is 0.222 e. The summed E-state index contributed by atoms with van der Waals surface area (Å²) in [5.74, 6) is 1.14. The molecule has 1 atom stereocenters. The molecule has 0 spiro atoms. The number of carbonyl (C=O) groups excluding carboxylic acids is 1. The highest BCUT2D eigenvalue weighted by Crippen LogP contribution is 2.24. The molecule has 1 fully saturated rings. The largest absolute Gasteiger partial charge is 0.342 e. The Hall–Kier alpha value is -2.24. The lowest BCUT2D eigenvalue weighted by Gasteiger charge is -2.31. The molecule has 1 saturated heterocycles. The summed E-state index contributed by atoms with van der Waals surface area (Å²) in [5.41, 5.74) is 1.21. The molecule has 2 heterocycles. The monoisotopic (exact) mass is 285 g/mol. The topological polar surface area (TPSA) is 74.8 Å². The predicted octanol–water partition coefficient (Wildman–Crippen LogP) is 1.54. The molecule has 2 aromatic rings. The standard InChI is InChI=1S/C15H19N5O/c21-14(9-8-12-5-2-1-3-6-12)20-10-4-7-13(11-20)15-16-18-19-17-15/h1-3,5-6,13H,4,7-11H2,(H,16,17,18,19). The Balaban J connectivity index is 1.55. The molecule has 110 valence electrons. The number of carbonyl (C=O) groups is 1. The Bertz CT molecular complexity index is 569. The van der Waals surface area contributed by atoms with Crippen LogP contribution in [0.2, 0.25) is 0 Å². The van der Waals surface area contributed by atoms with Gasteiger partial charge in [0.1, 0.15) is 0 Å². The van der Waals surface area contributed by atoms with Gasteiger partial charge in [-0.05, 0) is 24.8 Å². The van der Waals surface area contributed by atoms with Gasteiger partial charge in [-0.1, -0.05) is 35.5 Å². The molecule has 0 aliphatic carbocycles. The minimum absolute atomic E-state index is 0.207. The number of H-pyrrole nitrogens is 1. The lowest BCUT2D eigenvalue weighted by molar-refractivity contribution is -0.132. The number of aryl methyl sites for hydroxylation is 1. The summed E-state index contributed by atoms with van der Waals surface area (Å²) in [5, 5.41) is 14.2. The number of hydrogen-bond acceptors (Lipinski definition) is 4. The van der Waals surface area contributed by atoms with E-state index in [1.807, 2.05) is 23.1 Å². The molecule has 6 heteroatoms. The van der Waals surface area contributed by atoms with Crippen molar-refractivity contribution in [2.45, 2.75) is 31.6 Å². The Morgan fingerprint density at radius 2 is 2.19 bits per heavy atom. The van der Waals surface area contributed by atoms with Crippen LogP contribution in [0.4, 0.5) is 0 Å². The number of benzene rings is 1. The molecular formula is C15H19N5O. The molecule has 1 aliphatic rings. The molecule has 1 aromatic heterocycles. The number of aromatic nitrogens is 4. The average Bonchev–Trinajstić information content (AvgIpc) is 3.08. The van der Waals surface area contributed by atoms with Gasteiger partial charge < -0.3 is 4.90 Å². The fourth-order valence-electron chi connectivity index (χ4n) is 2.81. The Kier molecular flexibility index (Phi) is 4.23. The molecule has 1 aromatic carbocycles. The van der Waals surface area contributed by atoms with Crippen molar-refractivity contribution in [1.29, 1.82) is 0 Å². The van der Waals surface area contributed by atoms with Gasteiger partial charge in [-0.15, -0.1) is 10.2 Å². The number of amides is 1. The van der Waals surface area contributed by atoms with Crippen molar-refractivity contribution in [1.82, 2.24) is 25.5 Å².